The fourth-order valence-electron chi connectivity index (χ4n) is 3.64. The van der Waals surface area contributed by atoms with Gasteiger partial charge in [0.1, 0.15) is 0 Å². The minimum absolute atomic E-state index is 0.0445. The largest absolute Gasteiger partial charge is 0.354 e. The van der Waals surface area contributed by atoms with E-state index in [0.29, 0.717) is 17.2 Å². The first kappa shape index (κ1) is 17.9. The molecule has 0 radical (unpaired) electrons. The van der Waals surface area contributed by atoms with Gasteiger partial charge in [-0.3, -0.25) is 4.79 Å². The molecule has 0 bridgehead atoms. The van der Waals surface area contributed by atoms with E-state index in [4.69, 9.17) is 0 Å². The third-order valence-electron chi connectivity index (χ3n) is 5.15. The van der Waals surface area contributed by atoms with Crippen LogP contribution in [-0.2, 0) is 0 Å². The van der Waals surface area contributed by atoms with E-state index < -0.39 is 0 Å². The summed E-state index contributed by atoms with van der Waals surface area (Å²) in [5, 5.41) is 3.30. The molecule has 2 fully saturated rings. The number of benzene rings is 1. The highest BCUT2D eigenvalue weighted by molar-refractivity contribution is 5.94. The highest BCUT2D eigenvalue weighted by atomic mass is 19.1. The van der Waals surface area contributed by atoms with Crippen molar-refractivity contribution in [3.63, 3.8) is 0 Å². The number of hydrogen-bond donors (Lipinski definition) is 1. The van der Waals surface area contributed by atoms with Gasteiger partial charge in [-0.25, -0.2) is 14.4 Å². The molecule has 27 heavy (non-hydrogen) atoms. The van der Waals surface area contributed by atoms with E-state index in [0.717, 1.165) is 64.1 Å². The molecule has 2 aliphatic rings. The third kappa shape index (κ3) is 3.93. The van der Waals surface area contributed by atoms with Crippen LogP contribution < -0.4 is 10.2 Å². The van der Waals surface area contributed by atoms with E-state index in [1.165, 1.54) is 6.20 Å². The van der Waals surface area contributed by atoms with Gasteiger partial charge in [0, 0.05) is 43.9 Å². The lowest BCUT2D eigenvalue weighted by Gasteiger charge is -2.20. The molecular weight excluding hydrogens is 345 g/mol. The van der Waals surface area contributed by atoms with Crippen LogP contribution in [0.5, 0.6) is 0 Å². The summed E-state index contributed by atoms with van der Waals surface area (Å²) in [5.74, 6) is 0.510. The van der Waals surface area contributed by atoms with Crippen molar-refractivity contribution >= 4 is 11.7 Å². The maximum atomic E-state index is 14.1. The molecule has 0 aliphatic carbocycles. The van der Waals surface area contributed by atoms with Gasteiger partial charge >= 0.3 is 0 Å². The number of aromatic nitrogens is 2. The van der Waals surface area contributed by atoms with Crippen LogP contribution in [0.15, 0.2) is 30.5 Å². The molecule has 6 nitrogen and oxygen atoms in total. The Balaban J connectivity index is 1.53. The summed E-state index contributed by atoms with van der Waals surface area (Å²) in [5.41, 5.74) is 1.44. The Morgan fingerprint density at radius 1 is 1.00 bits per heavy atom. The average molecular weight is 369 g/mol. The monoisotopic (exact) mass is 369 g/mol. The van der Waals surface area contributed by atoms with E-state index in [-0.39, 0.29) is 11.7 Å². The van der Waals surface area contributed by atoms with Crippen LogP contribution in [0, 0.1) is 5.82 Å². The Morgan fingerprint density at radius 3 is 2.56 bits per heavy atom. The second-order valence-corrected chi connectivity index (χ2v) is 7.03. The number of nitrogens with zero attached hydrogens (tertiary/aromatic N) is 4. The number of carbonyl (C=O) groups is 1. The van der Waals surface area contributed by atoms with Crippen LogP contribution in [0.25, 0.3) is 11.4 Å². The molecule has 0 unspecified atom stereocenters. The lowest BCUT2D eigenvalue weighted by molar-refractivity contribution is 0.0766. The molecule has 0 saturated carbocycles. The van der Waals surface area contributed by atoms with Gasteiger partial charge in [-0.1, -0.05) is 12.1 Å². The number of anilines is 1. The zero-order valence-electron chi connectivity index (χ0n) is 15.3. The Hall–Kier alpha value is -2.54. The smallest absolute Gasteiger partial charge is 0.253 e. The van der Waals surface area contributed by atoms with Gasteiger partial charge in [0.25, 0.3) is 5.91 Å². The van der Waals surface area contributed by atoms with Crippen LogP contribution in [0.2, 0.25) is 0 Å². The SMILES string of the molecule is O=C(c1ccc(-c2ncc(F)c(N3CCCC3)n2)cc1)N1CCCNCC1. The fraction of sp³-hybridized carbons (Fsp3) is 0.450. The molecule has 142 valence electrons. The van der Waals surface area contributed by atoms with Crippen molar-refractivity contribution in [3.8, 4) is 11.4 Å². The number of carbonyl (C=O) groups excluding carboxylic acids is 1. The second-order valence-electron chi connectivity index (χ2n) is 7.03. The minimum Gasteiger partial charge on any atom is -0.354 e. The Bertz CT molecular complexity index is 797. The fourth-order valence-corrected chi connectivity index (χ4v) is 3.64. The number of hydrogen-bond acceptors (Lipinski definition) is 5. The first-order chi connectivity index (χ1) is 13.2. The summed E-state index contributed by atoms with van der Waals surface area (Å²) in [6, 6.07) is 7.28. The molecular formula is C20H24FN5O. The molecule has 0 atom stereocenters. The van der Waals surface area contributed by atoms with Gasteiger partial charge in [0.05, 0.1) is 6.20 Å². The van der Waals surface area contributed by atoms with Crippen LogP contribution in [0.1, 0.15) is 29.6 Å². The zero-order valence-corrected chi connectivity index (χ0v) is 15.3. The Morgan fingerprint density at radius 2 is 1.78 bits per heavy atom. The zero-order chi connectivity index (χ0) is 18.6. The quantitative estimate of drug-likeness (QED) is 0.900. The molecule has 1 aromatic carbocycles. The van der Waals surface area contributed by atoms with E-state index in [9.17, 15) is 9.18 Å². The lowest BCUT2D eigenvalue weighted by atomic mass is 10.1. The summed E-state index contributed by atoms with van der Waals surface area (Å²) < 4.78 is 14.1. The highest BCUT2D eigenvalue weighted by Crippen LogP contribution is 2.24. The first-order valence-electron chi connectivity index (χ1n) is 9.60. The van der Waals surface area contributed by atoms with Gasteiger partial charge in [-0.15, -0.1) is 0 Å². The van der Waals surface area contributed by atoms with Crippen molar-refractivity contribution in [2.45, 2.75) is 19.3 Å². The van der Waals surface area contributed by atoms with Gasteiger partial charge in [0.15, 0.2) is 17.5 Å². The van der Waals surface area contributed by atoms with Crippen molar-refractivity contribution in [1.29, 1.82) is 0 Å². The molecule has 1 N–H and O–H groups in total. The predicted molar refractivity (Wildman–Crippen MR) is 102 cm³/mol. The van der Waals surface area contributed by atoms with E-state index in [1.54, 1.807) is 12.1 Å². The molecule has 4 rings (SSSR count). The predicted octanol–water partition coefficient (Wildman–Crippen LogP) is 2.32. The molecule has 2 aliphatic heterocycles. The van der Waals surface area contributed by atoms with E-state index in [1.807, 2.05) is 21.9 Å². The molecule has 2 aromatic rings. The van der Waals surface area contributed by atoms with Gasteiger partial charge < -0.3 is 15.1 Å². The Kier molecular flexibility index (Phi) is 5.29. The number of halogens is 1. The molecule has 0 spiro atoms. The maximum absolute atomic E-state index is 14.1. The van der Waals surface area contributed by atoms with Gasteiger partial charge in [-0.2, -0.15) is 0 Å². The number of nitrogens with one attached hydrogen (secondary N) is 1. The minimum atomic E-state index is -0.387. The van der Waals surface area contributed by atoms with E-state index in [2.05, 4.69) is 15.3 Å². The van der Waals surface area contributed by atoms with E-state index >= 15 is 0 Å². The van der Waals surface area contributed by atoms with Gasteiger partial charge in [-0.05, 0) is 37.9 Å². The molecule has 7 heteroatoms. The third-order valence-corrected chi connectivity index (χ3v) is 5.15. The summed E-state index contributed by atoms with van der Waals surface area (Å²) in [6.07, 6.45) is 4.31. The van der Waals surface area contributed by atoms with Crippen molar-refractivity contribution in [1.82, 2.24) is 20.2 Å². The van der Waals surface area contributed by atoms with Crippen molar-refractivity contribution in [3.05, 3.63) is 41.8 Å². The summed E-state index contributed by atoms with van der Waals surface area (Å²) in [6.45, 7) is 4.92. The summed E-state index contributed by atoms with van der Waals surface area (Å²) in [4.78, 5) is 25.1. The van der Waals surface area contributed by atoms with Crippen LogP contribution in [0.4, 0.5) is 10.2 Å². The number of rotatable bonds is 3. The maximum Gasteiger partial charge on any atom is 0.253 e. The van der Waals surface area contributed by atoms with Crippen LogP contribution >= 0.6 is 0 Å². The highest BCUT2D eigenvalue weighted by Gasteiger charge is 2.20. The standard InChI is InChI=1S/C20H24FN5O/c21-17-14-23-18(24-19(17)25-10-1-2-11-25)15-4-6-16(7-5-15)20(27)26-12-3-8-22-9-13-26/h4-7,14,22H,1-3,8-13H2. The van der Waals surface area contributed by atoms with Crippen LogP contribution in [-0.4, -0.2) is 60.0 Å². The first-order valence-corrected chi connectivity index (χ1v) is 9.60. The summed E-state index contributed by atoms with van der Waals surface area (Å²) in [7, 11) is 0. The second kappa shape index (κ2) is 8.00. The topological polar surface area (TPSA) is 61.4 Å². The molecule has 2 saturated heterocycles. The number of amides is 1. The summed E-state index contributed by atoms with van der Waals surface area (Å²) >= 11 is 0. The average Bonchev–Trinajstić information content (AvgIpc) is 3.10. The molecule has 1 aromatic heterocycles. The Labute approximate surface area is 158 Å². The van der Waals surface area contributed by atoms with Crippen molar-refractivity contribution < 1.29 is 9.18 Å². The lowest BCUT2D eigenvalue weighted by Crippen LogP contribution is -2.34. The normalized spacial score (nSPS) is 17.8. The molecule has 1 amide bonds. The molecule has 3 heterocycles. The van der Waals surface area contributed by atoms with Crippen molar-refractivity contribution in [2.75, 3.05) is 44.2 Å². The van der Waals surface area contributed by atoms with Crippen molar-refractivity contribution in [2.24, 2.45) is 0 Å². The van der Waals surface area contributed by atoms with Crippen LogP contribution in [0.3, 0.4) is 0 Å². The van der Waals surface area contributed by atoms with Gasteiger partial charge in [0.2, 0.25) is 0 Å².